The lowest BCUT2D eigenvalue weighted by Gasteiger charge is -2.12. The minimum Gasteiger partial charge on any atom is -0.493 e. The molecule has 0 unspecified atom stereocenters. The van der Waals surface area contributed by atoms with Crippen molar-refractivity contribution >= 4 is 10.9 Å². The standard InChI is InChI=1S/C23H20N6O3/c1-30-19-11-16-18(12-20(19)31-10-7-21-24-8-9-25-21)26-14-27-23(16)32-22-13-17(28-29-22)15-5-3-2-4-6-15/h2-6,8-9,11-14H,7,10H2,1H3,(H,24,25)(H,28,29). The van der Waals surface area contributed by atoms with Gasteiger partial charge < -0.3 is 19.2 Å². The summed E-state index contributed by atoms with van der Waals surface area (Å²) in [5.74, 6) is 2.78. The van der Waals surface area contributed by atoms with E-state index < -0.39 is 0 Å². The highest BCUT2D eigenvalue weighted by atomic mass is 16.5. The van der Waals surface area contributed by atoms with Crippen molar-refractivity contribution in [3.05, 3.63) is 73.1 Å². The molecule has 160 valence electrons. The number of H-pyrrole nitrogens is 2. The van der Waals surface area contributed by atoms with Gasteiger partial charge in [0, 0.05) is 30.9 Å². The first-order valence-corrected chi connectivity index (χ1v) is 10.0. The van der Waals surface area contributed by atoms with E-state index in [1.165, 1.54) is 6.33 Å². The fourth-order valence-corrected chi connectivity index (χ4v) is 3.31. The molecule has 0 radical (unpaired) electrons. The molecule has 5 aromatic rings. The van der Waals surface area contributed by atoms with Crippen LogP contribution in [0.1, 0.15) is 5.82 Å². The SMILES string of the molecule is COc1cc2c(Oc3cc(-c4ccccc4)[nH]n3)ncnc2cc1OCCc1ncc[nH]1. The highest BCUT2D eigenvalue weighted by Gasteiger charge is 2.14. The summed E-state index contributed by atoms with van der Waals surface area (Å²) in [5, 5.41) is 7.92. The number of fused-ring (bicyclic) bond motifs is 1. The van der Waals surface area contributed by atoms with Crippen LogP contribution in [-0.2, 0) is 6.42 Å². The monoisotopic (exact) mass is 428 g/mol. The first-order valence-electron chi connectivity index (χ1n) is 10.0. The average molecular weight is 428 g/mol. The van der Waals surface area contributed by atoms with Crippen LogP contribution in [0.4, 0.5) is 0 Å². The number of rotatable bonds is 8. The summed E-state index contributed by atoms with van der Waals surface area (Å²) in [6.45, 7) is 0.444. The number of aromatic amines is 2. The third-order valence-electron chi connectivity index (χ3n) is 4.88. The van der Waals surface area contributed by atoms with Gasteiger partial charge in [-0.1, -0.05) is 30.3 Å². The minimum atomic E-state index is 0.376. The van der Waals surface area contributed by atoms with Crippen LogP contribution in [0, 0.1) is 0 Å². The van der Waals surface area contributed by atoms with E-state index in [1.54, 1.807) is 25.6 Å². The molecular formula is C23H20N6O3. The van der Waals surface area contributed by atoms with Crippen molar-refractivity contribution < 1.29 is 14.2 Å². The third kappa shape index (κ3) is 4.08. The maximum absolute atomic E-state index is 5.96. The highest BCUT2D eigenvalue weighted by molar-refractivity contribution is 5.87. The summed E-state index contributed by atoms with van der Waals surface area (Å²) in [7, 11) is 1.59. The second-order valence-electron chi connectivity index (χ2n) is 6.92. The second kappa shape index (κ2) is 8.76. The molecule has 2 aromatic carbocycles. The second-order valence-corrected chi connectivity index (χ2v) is 6.92. The van der Waals surface area contributed by atoms with Gasteiger partial charge in [0.25, 0.3) is 0 Å². The van der Waals surface area contributed by atoms with E-state index in [0.29, 0.717) is 47.2 Å². The summed E-state index contributed by atoms with van der Waals surface area (Å²) >= 11 is 0. The topological polar surface area (TPSA) is 111 Å². The largest absolute Gasteiger partial charge is 0.493 e. The normalized spacial score (nSPS) is 10.9. The van der Waals surface area contributed by atoms with Gasteiger partial charge in [-0.3, -0.25) is 5.10 Å². The molecule has 0 amide bonds. The summed E-state index contributed by atoms with van der Waals surface area (Å²) in [4.78, 5) is 15.9. The minimum absolute atomic E-state index is 0.376. The number of imidazole rings is 1. The van der Waals surface area contributed by atoms with Crippen molar-refractivity contribution in [2.75, 3.05) is 13.7 Å². The maximum atomic E-state index is 5.96. The molecule has 32 heavy (non-hydrogen) atoms. The van der Waals surface area contributed by atoms with Crippen LogP contribution in [0.25, 0.3) is 22.2 Å². The molecule has 0 atom stereocenters. The number of methoxy groups -OCH3 is 1. The van der Waals surface area contributed by atoms with Crippen molar-refractivity contribution in [1.82, 2.24) is 30.1 Å². The Morgan fingerprint density at radius 1 is 0.969 bits per heavy atom. The summed E-state index contributed by atoms with van der Waals surface area (Å²) < 4.78 is 17.4. The molecule has 9 heteroatoms. The Hall–Kier alpha value is -4.40. The van der Waals surface area contributed by atoms with Crippen molar-refractivity contribution in [3.63, 3.8) is 0 Å². The predicted molar refractivity (Wildman–Crippen MR) is 118 cm³/mol. The molecule has 3 aromatic heterocycles. The lowest BCUT2D eigenvalue weighted by molar-refractivity contribution is 0.296. The zero-order valence-corrected chi connectivity index (χ0v) is 17.3. The first-order chi connectivity index (χ1) is 15.8. The van der Waals surface area contributed by atoms with Gasteiger partial charge in [0.05, 0.1) is 30.3 Å². The molecule has 0 saturated carbocycles. The van der Waals surface area contributed by atoms with E-state index in [0.717, 1.165) is 17.1 Å². The molecule has 0 spiro atoms. The van der Waals surface area contributed by atoms with Crippen molar-refractivity contribution in [2.45, 2.75) is 6.42 Å². The highest BCUT2D eigenvalue weighted by Crippen LogP contribution is 2.36. The molecule has 2 N–H and O–H groups in total. The third-order valence-corrected chi connectivity index (χ3v) is 4.88. The molecule has 0 saturated heterocycles. The lowest BCUT2D eigenvalue weighted by atomic mass is 10.2. The Kier molecular flexibility index (Phi) is 5.36. The molecular weight excluding hydrogens is 408 g/mol. The van der Waals surface area contributed by atoms with Crippen LogP contribution in [0.15, 0.2) is 67.3 Å². The zero-order chi connectivity index (χ0) is 21.8. The number of hydrogen-bond donors (Lipinski definition) is 2. The van der Waals surface area contributed by atoms with Gasteiger partial charge in [0.2, 0.25) is 11.8 Å². The number of hydrogen-bond acceptors (Lipinski definition) is 7. The Morgan fingerprint density at radius 3 is 2.69 bits per heavy atom. The van der Waals surface area contributed by atoms with E-state index >= 15 is 0 Å². The average Bonchev–Trinajstić information content (AvgIpc) is 3.52. The van der Waals surface area contributed by atoms with E-state index in [-0.39, 0.29) is 0 Å². The van der Waals surface area contributed by atoms with Gasteiger partial charge in [-0.2, -0.15) is 0 Å². The molecule has 0 aliphatic rings. The number of benzene rings is 2. The molecule has 0 bridgehead atoms. The summed E-state index contributed by atoms with van der Waals surface area (Å²) in [6, 6.07) is 15.3. The van der Waals surface area contributed by atoms with Crippen molar-refractivity contribution in [3.8, 4) is 34.5 Å². The fourth-order valence-electron chi connectivity index (χ4n) is 3.31. The van der Waals surface area contributed by atoms with Crippen LogP contribution < -0.4 is 14.2 Å². The van der Waals surface area contributed by atoms with Gasteiger partial charge in [-0.15, -0.1) is 5.10 Å². The van der Waals surface area contributed by atoms with Crippen LogP contribution in [0.2, 0.25) is 0 Å². The van der Waals surface area contributed by atoms with Gasteiger partial charge in [-0.05, 0) is 11.6 Å². The van der Waals surface area contributed by atoms with Crippen LogP contribution in [0.5, 0.6) is 23.3 Å². The Bertz CT molecular complexity index is 1320. The fraction of sp³-hybridized carbons (Fsp3) is 0.130. The molecule has 5 rings (SSSR count). The molecule has 0 fully saturated rings. The smallest absolute Gasteiger partial charge is 0.240 e. The van der Waals surface area contributed by atoms with Crippen LogP contribution in [-0.4, -0.2) is 43.8 Å². The Labute approximate surface area is 183 Å². The molecule has 9 nitrogen and oxygen atoms in total. The summed E-state index contributed by atoms with van der Waals surface area (Å²) in [5.41, 5.74) is 2.53. The molecule has 0 aliphatic carbocycles. The van der Waals surface area contributed by atoms with Gasteiger partial charge in [0.1, 0.15) is 12.2 Å². The van der Waals surface area contributed by atoms with Crippen LogP contribution >= 0.6 is 0 Å². The predicted octanol–water partition coefficient (Wildman–Crippen LogP) is 4.17. The number of ether oxygens (including phenoxy) is 3. The quantitative estimate of drug-likeness (QED) is 0.382. The van der Waals surface area contributed by atoms with Gasteiger partial charge in [-0.25, -0.2) is 15.0 Å². The zero-order valence-electron chi connectivity index (χ0n) is 17.3. The van der Waals surface area contributed by atoms with Gasteiger partial charge >= 0.3 is 0 Å². The molecule has 3 heterocycles. The first kappa shape index (κ1) is 19.6. The number of nitrogens with one attached hydrogen (secondary N) is 2. The lowest BCUT2D eigenvalue weighted by Crippen LogP contribution is -2.04. The Morgan fingerprint density at radius 2 is 1.88 bits per heavy atom. The maximum Gasteiger partial charge on any atom is 0.240 e. The van der Waals surface area contributed by atoms with Crippen molar-refractivity contribution in [2.24, 2.45) is 0 Å². The van der Waals surface area contributed by atoms with Crippen LogP contribution in [0.3, 0.4) is 0 Å². The number of aromatic nitrogens is 6. The van der Waals surface area contributed by atoms with Gasteiger partial charge in [0.15, 0.2) is 11.5 Å². The van der Waals surface area contributed by atoms with E-state index in [4.69, 9.17) is 14.2 Å². The molecule has 0 aliphatic heterocycles. The number of nitrogens with zero attached hydrogens (tertiary/aromatic N) is 4. The van der Waals surface area contributed by atoms with E-state index in [2.05, 4.69) is 30.1 Å². The Balaban J connectivity index is 1.39. The van der Waals surface area contributed by atoms with E-state index in [1.807, 2.05) is 42.5 Å². The summed E-state index contributed by atoms with van der Waals surface area (Å²) in [6.07, 6.45) is 5.59. The van der Waals surface area contributed by atoms with Crippen molar-refractivity contribution in [1.29, 1.82) is 0 Å². The van der Waals surface area contributed by atoms with E-state index in [9.17, 15) is 0 Å².